The minimum absolute atomic E-state index is 0.109. The van der Waals surface area contributed by atoms with Crippen molar-refractivity contribution in [3.05, 3.63) is 70.8 Å². The van der Waals surface area contributed by atoms with Crippen molar-refractivity contribution in [2.24, 2.45) is 5.73 Å². The van der Waals surface area contributed by atoms with Gasteiger partial charge < -0.3 is 5.73 Å². The first-order chi connectivity index (χ1) is 10.4. The number of hydrogen-bond acceptors (Lipinski definition) is 1. The van der Waals surface area contributed by atoms with Crippen molar-refractivity contribution in [3.63, 3.8) is 0 Å². The third-order valence-electron chi connectivity index (χ3n) is 4.56. The molecule has 2 aromatic rings. The molecule has 0 aliphatic heterocycles. The summed E-state index contributed by atoms with van der Waals surface area (Å²) in [5.41, 5.74) is 9.88. The summed E-state index contributed by atoms with van der Waals surface area (Å²) in [5, 5.41) is 0. The van der Waals surface area contributed by atoms with E-state index in [-0.39, 0.29) is 11.3 Å². The van der Waals surface area contributed by atoms with Crippen LogP contribution < -0.4 is 5.73 Å². The van der Waals surface area contributed by atoms with Crippen LogP contribution in [0.3, 0.4) is 0 Å². The highest BCUT2D eigenvalue weighted by Crippen LogP contribution is 2.28. The minimum Gasteiger partial charge on any atom is -0.366 e. The number of aryl methyl sites for hydroxylation is 2. The molecule has 0 bridgehead atoms. The summed E-state index contributed by atoms with van der Waals surface area (Å²) < 4.78 is 0. The number of carbonyl (C=O) groups excluding carboxylic acids is 1. The van der Waals surface area contributed by atoms with E-state index in [0.717, 1.165) is 24.8 Å². The monoisotopic (exact) mass is 295 g/mol. The molecule has 0 unspecified atom stereocenters. The number of amides is 1. The van der Waals surface area contributed by atoms with Crippen molar-refractivity contribution in [2.75, 3.05) is 0 Å². The highest BCUT2D eigenvalue weighted by Gasteiger charge is 2.20. The summed E-state index contributed by atoms with van der Waals surface area (Å²) in [6.45, 7) is 6.64. The third-order valence-corrected chi connectivity index (χ3v) is 4.56. The zero-order chi connectivity index (χ0) is 16.2. The van der Waals surface area contributed by atoms with Crippen LogP contribution in [0.15, 0.2) is 48.5 Å². The molecule has 2 nitrogen and oxygen atoms in total. The van der Waals surface area contributed by atoms with Crippen molar-refractivity contribution in [1.82, 2.24) is 0 Å². The van der Waals surface area contributed by atoms with Crippen LogP contribution in [0, 0.1) is 0 Å². The fourth-order valence-corrected chi connectivity index (χ4v) is 2.59. The zero-order valence-corrected chi connectivity index (χ0v) is 13.7. The number of rotatable bonds is 6. The molecule has 0 spiro atoms. The molecule has 0 aliphatic carbocycles. The first kappa shape index (κ1) is 16.3. The Balaban J connectivity index is 2.30. The van der Waals surface area contributed by atoms with Crippen molar-refractivity contribution in [1.29, 1.82) is 0 Å². The molecule has 2 aromatic carbocycles. The fraction of sp³-hybridized carbons (Fsp3) is 0.350. The summed E-state index contributed by atoms with van der Waals surface area (Å²) in [7, 11) is 0. The Kier molecular flexibility index (Phi) is 5.02. The van der Waals surface area contributed by atoms with Crippen LogP contribution in [-0.4, -0.2) is 5.91 Å². The molecule has 0 aromatic heterocycles. The summed E-state index contributed by atoms with van der Waals surface area (Å²) in [6, 6.07) is 16.4. The molecule has 116 valence electrons. The van der Waals surface area contributed by atoms with Crippen molar-refractivity contribution >= 4 is 5.91 Å². The average Bonchev–Trinajstić information content (AvgIpc) is 2.53. The molecule has 0 atom stereocenters. The number of benzene rings is 2. The van der Waals surface area contributed by atoms with Gasteiger partial charge in [-0.05, 0) is 47.4 Å². The smallest absolute Gasteiger partial charge is 0.248 e. The highest BCUT2D eigenvalue weighted by atomic mass is 16.1. The molecule has 0 aliphatic rings. The largest absolute Gasteiger partial charge is 0.366 e. The molecule has 0 fully saturated rings. The van der Waals surface area contributed by atoms with Gasteiger partial charge in [0.1, 0.15) is 0 Å². The Bertz CT molecular complexity index is 644. The van der Waals surface area contributed by atoms with Gasteiger partial charge in [-0.3, -0.25) is 4.79 Å². The summed E-state index contributed by atoms with van der Waals surface area (Å²) in [6.07, 6.45) is 2.80. The molecule has 1 amide bonds. The van der Waals surface area contributed by atoms with Gasteiger partial charge in [0.05, 0.1) is 0 Å². The Morgan fingerprint density at radius 3 is 2.32 bits per heavy atom. The first-order valence-electron chi connectivity index (χ1n) is 7.91. The van der Waals surface area contributed by atoms with E-state index in [0.29, 0.717) is 5.56 Å². The minimum atomic E-state index is -0.344. The van der Waals surface area contributed by atoms with E-state index in [1.165, 1.54) is 11.1 Å². The SMILES string of the molecule is CCC(C)(C)c1ccc(C(N)=O)c(CCc2ccccc2)c1. The first-order valence-corrected chi connectivity index (χ1v) is 7.91. The topological polar surface area (TPSA) is 43.1 Å². The number of nitrogens with two attached hydrogens (primary N) is 1. The lowest BCUT2D eigenvalue weighted by atomic mass is 9.80. The van der Waals surface area contributed by atoms with Gasteiger partial charge in [-0.1, -0.05) is 63.2 Å². The van der Waals surface area contributed by atoms with Gasteiger partial charge in [-0.2, -0.15) is 0 Å². The van der Waals surface area contributed by atoms with E-state index in [4.69, 9.17) is 5.73 Å². The number of hydrogen-bond donors (Lipinski definition) is 1. The van der Waals surface area contributed by atoms with Crippen LogP contribution in [0.2, 0.25) is 0 Å². The zero-order valence-electron chi connectivity index (χ0n) is 13.7. The van der Waals surface area contributed by atoms with Crippen LogP contribution in [0.5, 0.6) is 0 Å². The van der Waals surface area contributed by atoms with Crippen LogP contribution in [0.25, 0.3) is 0 Å². The second kappa shape index (κ2) is 6.78. The van der Waals surface area contributed by atoms with Gasteiger partial charge in [0, 0.05) is 5.56 Å². The Morgan fingerprint density at radius 2 is 1.73 bits per heavy atom. The van der Waals surface area contributed by atoms with Gasteiger partial charge in [-0.25, -0.2) is 0 Å². The molecule has 0 saturated heterocycles. The fourth-order valence-electron chi connectivity index (χ4n) is 2.59. The lowest BCUT2D eigenvalue weighted by Gasteiger charge is -2.24. The number of carbonyl (C=O) groups is 1. The molecule has 2 N–H and O–H groups in total. The lowest BCUT2D eigenvalue weighted by molar-refractivity contribution is 0.0999. The molecule has 2 rings (SSSR count). The predicted octanol–water partition coefficient (Wildman–Crippen LogP) is 4.26. The maximum Gasteiger partial charge on any atom is 0.248 e. The second-order valence-corrected chi connectivity index (χ2v) is 6.46. The van der Waals surface area contributed by atoms with Gasteiger partial charge in [0.25, 0.3) is 0 Å². The highest BCUT2D eigenvalue weighted by molar-refractivity contribution is 5.94. The van der Waals surface area contributed by atoms with E-state index in [9.17, 15) is 4.79 Å². The summed E-state index contributed by atoms with van der Waals surface area (Å²) in [4.78, 5) is 11.7. The lowest BCUT2D eigenvalue weighted by Crippen LogP contribution is -2.19. The van der Waals surface area contributed by atoms with Crippen molar-refractivity contribution in [3.8, 4) is 0 Å². The predicted molar refractivity (Wildman–Crippen MR) is 92.1 cm³/mol. The molecule has 22 heavy (non-hydrogen) atoms. The van der Waals surface area contributed by atoms with E-state index in [1.54, 1.807) is 0 Å². The van der Waals surface area contributed by atoms with E-state index in [1.807, 2.05) is 30.3 Å². The van der Waals surface area contributed by atoms with Gasteiger partial charge in [-0.15, -0.1) is 0 Å². The van der Waals surface area contributed by atoms with Crippen LogP contribution in [-0.2, 0) is 18.3 Å². The number of primary amides is 1. The summed E-state index contributed by atoms with van der Waals surface area (Å²) >= 11 is 0. The third kappa shape index (κ3) is 3.76. The maximum atomic E-state index is 11.7. The molecular weight excluding hydrogens is 270 g/mol. The van der Waals surface area contributed by atoms with E-state index >= 15 is 0 Å². The van der Waals surface area contributed by atoms with Gasteiger partial charge >= 0.3 is 0 Å². The molecule has 2 heteroatoms. The molecule has 0 saturated carbocycles. The van der Waals surface area contributed by atoms with Crippen LogP contribution in [0.1, 0.15) is 54.2 Å². The maximum absolute atomic E-state index is 11.7. The molecular formula is C20H25NO. The normalized spacial score (nSPS) is 11.4. The Morgan fingerprint density at radius 1 is 1.05 bits per heavy atom. The standard InChI is InChI=1S/C20H25NO/c1-4-20(2,3)17-12-13-18(19(21)22)16(14-17)11-10-15-8-6-5-7-9-15/h5-9,12-14H,4,10-11H2,1-3H3,(H2,21,22). The van der Waals surface area contributed by atoms with Gasteiger partial charge in [0.15, 0.2) is 0 Å². The summed E-state index contributed by atoms with van der Waals surface area (Å²) in [5.74, 6) is -0.344. The van der Waals surface area contributed by atoms with E-state index < -0.39 is 0 Å². The Hall–Kier alpha value is -2.09. The van der Waals surface area contributed by atoms with Crippen LogP contribution >= 0.6 is 0 Å². The second-order valence-electron chi connectivity index (χ2n) is 6.46. The van der Waals surface area contributed by atoms with Crippen LogP contribution in [0.4, 0.5) is 0 Å². The molecule has 0 radical (unpaired) electrons. The van der Waals surface area contributed by atoms with Crippen molar-refractivity contribution < 1.29 is 4.79 Å². The molecule has 0 heterocycles. The average molecular weight is 295 g/mol. The Labute approximate surface area is 133 Å². The van der Waals surface area contributed by atoms with Crippen molar-refractivity contribution in [2.45, 2.75) is 45.4 Å². The quantitative estimate of drug-likeness (QED) is 0.850. The van der Waals surface area contributed by atoms with E-state index in [2.05, 4.69) is 39.0 Å². The van der Waals surface area contributed by atoms with Gasteiger partial charge in [0.2, 0.25) is 5.91 Å².